The van der Waals surface area contributed by atoms with Gasteiger partial charge in [-0.1, -0.05) is 12.1 Å². The van der Waals surface area contributed by atoms with Gasteiger partial charge in [-0.15, -0.1) is 0 Å². The van der Waals surface area contributed by atoms with Gasteiger partial charge in [0.15, 0.2) is 0 Å². The Morgan fingerprint density at radius 1 is 1.27 bits per heavy atom. The number of unbranched alkanes of at least 4 members (excludes halogenated alkanes) is 1. The van der Waals surface area contributed by atoms with E-state index in [0.29, 0.717) is 12.3 Å². The van der Waals surface area contributed by atoms with Gasteiger partial charge in [-0.25, -0.2) is 0 Å². The molecule has 0 fully saturated rings. The van der Waals surface area contributed by atoms with Crippen molar-refractivity contribution in [1.29, 1.82) is 0 Å². The third-order valence-electron chi connectivity index (χ3n) is 2.01. The molecule has 4 nitrogen and oxygen atoms in total. The van der Waals surface area contributed by atoms with Crippen molar-refractivity contribution in [3.63, 3.8) is 0 Å². The van der Waals surface area contributed by atoms with Crippen molar-refractivity contribution in [2.24, 2.45) is 5.73 Å². The lowest BCUT2D eigenvalue weighted by molar-refractivity contribution is 0.458. The first-order valence-electron chi connectivity index (χ1n) is 4.80. The van der Waals surface area contributed by atoms with Crippen LogP contribution in [0.3, 0.4) is 0 Å². The molecule has 1 unspecified atom stereocenters. The molecule has 5 heteroatoms. The van der Waals surface area contributed by atoms with E-state index in [4.69, 9.17) is 10.3 Å². The quantitative estimate of drug-likeness (QED) is 0.572. The minimum absolute atomic E-state index is 0.401. The average molecular weight is 229 g/mol. The molecular weight excluding hydrogens is 214 g/mol. The highest BCUT2D eigenvalue weighted by atomic mass is 32.2. The topological polar surface area (TPSA) is 72.5 Å². The minimum Gasteiger partial charge on any atom is -0.380 e. The van der Waals surface area contributed by atoms with Crippen molar-refractivity contribution in [1.82, 2.24) is 0 Å². The summed E-state index contributed by atoms with van der Waals surface area (Å²) in [5, 5.41) is 0. The maximum absolute atomic E-state index is 10.3. The van der Waals surface area contributed by atoms with Crippen LogP contribution in [0.4, 0.5) is 0 Å². The largest absolute Gasteiger partial charge is 0.380 e. The summed E-state index contributed by atoms with van der Waals surface area (Å²) in [7, 11) is 0. The molecule has 0 aliphatic carbocycles. The lowest BCUT2D eigenvalue weighted by atomic mass is 10.1. The van der Waals surface area contributed by atoms with Crippen molar-refractivity contribution in [3.8, 4) is 5.75 Å². The number of benzene rings is 1. The fourth-order valence-corrected chi connectivity index (χ4v) is 1.54. The molecule has 0 bridgehead atoms. The number of hydrogen-bond donors (Lipinski definition) is 2. The summed E-state index contributed by atoms with van der Waals surface area (Å²) >= 11 is -2.25. The monoisotopic (exact) mass is 229 g/mol. The fourth-order valence-electron chi connectivity index (χ4n) is 1.27. The van der Waals surface area contributed by atoms with Crippen LogP contribution in [0.2, 0.25) is 0 Å². The van der Waals surface area contributed by atoms with Crippen LogP contribution in [-0.2, 0) is 17.8 Å². The summed E-state index contributed by atoms with van der Waals surface area (Å²) in [4.78, 5) is 0. The van der Waals surface area contributed by atoms with E-state index in [-0.39, 0.29) is 0 Å². The minimum atomic E-state index is -2.25. The summed E-state index contributed by atoms with van der Waals surface area (Å²) < 4.78 is 23.4. The molecule has 0 amide bonds. The molecule has 15 heavy (non-hydrogen) atoms. The Morgan fingerprint density at radius 2 is 1.93 bits per heavy atom. The first-order valence-corrected chi connectivity index (χ1v) is 5.84. The lowest BCUT2D eigenvalue weighted by Crippen LogP contribution is -1.99. The van der Waals surface area contributed by atoms with E-state index in [2.05, 4.69) is 4.18 Å². The Hall–Kier alpha value is -0.910. The van der Waals surface area contributed by atoms with Crippen LogP contribution in [0.1, 0.15) is 18.4 Å². The predicted molar refractivity (Wildman–Crippen MR) is 59.8 cm³/mol. The summed E-state index contributed by atoms with van der Waals surface area (Å²) in [5.74, 6) is 0.401. The molecule has 0 aliphatic heterocycles. The van der Waals surface area contributed by atoms with Crippen LogP contribution < -0.4 is 9.92 Å². The van der Waals surface area contributed by atoms with Gasteiger partial charge in [0.05, 0.1) is 0 Å². The van der Waals surface area contributed by atoms with E-state index >= 15 is 0 Å². The van der Waals surface area contributed by atoms with Crippen LogP contribution in [-0.4, -0.2) is 15.3 Å². The van der Waals surface area contributed by atoms with Gasteiger partial charge in [-0.3, -0.25) is 4.55 Å². The maximum atomic E-state index is 10.3. The number of rotatable bonds is 6. The molecule has 1 atom stereocenters. The lowest BCUT2D eigenvalue weighted by Gasteiger charge is -2.02. The third-order valence-corrected chi connectivity index (χ3v) is 2.35. The van der Waals surface area contributed by atoms with E-state index in [1.807, 2.05) is 12.1 Å². The van der Waals surface area contributed by atoms with Crippen molar-refractivity contribution in [2.75, 3.05) is 6.54 Å². The Bertz CT molecular complexity index is 313. The molecular formula is C10H15NO3S. The molecule has 3 N–H and O–H groups in total. The molecule has 0 saturated heterocycles. The molecule has 84 valence electrons. The number of hydrogen-bond acceptors (Lipinski definition) is 3. The van der Waals surface area contributed by atoms with Crippen molar-refractivity contribution in [3.05, 3.63) is 29.8 Å². The molecule has 0 saturated carbocycles. The predicted octanol–water partition coefficient (Wildman–Crippen LogP) is 1.48. The second kappa shape index (κ2) is 6.55. The van der Waals surface area contributed by atoms with Gasteiger partial charge in [-0.05, 0) is 43.5 Å². The van der Waals surface area contributed by atoms with Gasteiger partial charge in [0.1, 0.15) is 5.75 Å². The standard InChI is InChI=1S/C10H15NO3S/c11-8-2-1-3-9-4-6-10(7-5-9)14-15(12)13/h4-7H,1-3,8,11H2,(H,12,13). The molecule has 1 aromatic carbocycles. The van der Waals surface area contributed by atoms with Crippen LogP contribution in [0.5, 0.6) is 5.75 Å². The van der Waals surface area contributed by atoms with Crippen LogP contribution in [0.25, 0.3) is 0 Å². The van der Waals surface area contributed by atoms with Crippen molar-refractivity contribution < 1.29 is 12.9 Å². The summed E-state index contributed by atoms with van der Waals surface area (Å²) in [6, 6.07) is 7.15. The molecule has 0 heterocycles. The summed E-state index contributed by atoms with van der Waals surface area (Å²) in [5.41, 5.74) is 6.57. The Kier molecular flexibility index (Phi) is 5.31. The first kappa shape index (κ1) is 12.2. The smallest absolute Gasteiger partial charge is 0.357 e. The second-order valence-electron chi connectivity index (χ2n) is 3.19. The fraction of sp³-hybridized carbons (Fsp3) is 0.400. The van der Waals surface area contributed by atoms with Crippen LogP contribution >= 0.6 is 0 Å². The van der Waals surface area contributed by atoms with Crippen molar-refractivity contribution in [2.45, 2.75) is 19.3 Å². The molecule has 0 aromatic heterocycles. The van der Waals surface area contributed by atoms with E-state index in [1.165, 1.54) is 5.56 Å². The second-order valence-corrected chi connectivity index (χ2v) is 3.79. The molecule has 0 spiro atoms. The van der Waals surface area contributed by atoms with Gasteiger partial charge in [0.25, 0.3) is 0 Å². The summed E-state index contributed by atoms with van der Waals surface area (Å²) in [6.45, 7) is 0.713. The highest BCUT2D eigenvalue weighted by Crippen LogP contribution is 2.14. The van der Waals surface area contributed by atoms with E-state index < -0.39 is 11.4 Å². The molecule has 1 aromatic rings. The third kappa shape index (κ3) is 4.92. The van der Waals surface area contributed by atoms with Gasteiger partial charge >= 0.3 is 11.4 Å². The van der Waals surface area contributed by atoms with E-state index in [9.17, 15) is 4.21 Å². The van der Waals surface area contributed by atoms with Gasteiger partial charge in [-0.2, -0.15) is 4.21 Å². The van der Waals surface area contributed by atoms with Crippen LogP contribution in [0.15, 0.2) is 24.3 Å². The van der Waals surface area contributed by atoms with Gasteiger partial charge in [0, 0.05) is 0 Å². The van der Waals surface area contributed by atoms with Gasteiger partial charge in [0.2, 0.25) is 0 Å². The highest BCUT2D eigenvalue weighted by Gasteiger charge is 1.98. The average Bonchev–Trinajstić information content (AvgIpc) is 2.20. The van der Waals surface area contributed by atoms with Crippen LogP contribution in [0, 0.1) is 0 Å². The number of nitrogens with two attached hydrogens (primary N) is 1. The zero-order valence-corrected chi connectivity index (χ0v) is 9.20. The van der Waals surface area contributed by atoms with E-state index in [0.717, 1.165) is 19.3 Å². The SMILES string of the molecule is NCCCCc1ccc(OS(=O)O)cc1. The Labute approximate surface area is 91.9 Å². The van der Waals surface area contributed by atoms with E-state index in [1.54, 1.807) is 12.1 Å². The zero-order chi connectivity index (χ0) is 11.1. The Balaban J connectivity index is 2.45. The summed E-state index contributed by atoms with van der Waals surface area (Å²) in [6.07, 6.45) is 3.04. The zero-order valence-electron chi connectivity index (χ0n) is 8.39. The molecule has 1 rings (SSSR count). The molecule has 0 radical (unpaired) electrons. The maximum Gasteiger partial charge on any atom is 0.357 e. The number of aryl methyl sites for hydroxylation is 1. The van der Waals surface area contributed by atoms with Gasteiger partial charge < -0.3 is 9.92 Å². The van der Waals surface area contributed by atoms with Crippen molar-refractivity contribution >= 4 is 11.4 Å². The normalized spacial score (nSPS) is 12.4. The first-order chi connectivity index (χ1) is 7.22. The Morgan fingerprint density at radius 3 is 2.47 bits per heavy atom. The highest BCUT2D eigenvalue weighted by molar-refractivity contribution is 7.74. The molecule has 0 aliphatic rings.